The van der Waals surface area contributed by atoms with E-state index in [1.165, 1.54) is 0 Å². The van der Waals surface area contributed by atoms with Crippen molar-refractivity contribution in [2.45, 2.75) is 12.8 Å². The highest BCUT2D eigenvalue weighted by atomic mass is 32.1. The van der Waals surface area contributed by atoms with Gasteiger partial charge in [0.15, 0.2) is 12.4 Å². The summed E-state index contributed by atoms with van der Waals surface area (Å²) in [4.78, 5) is 37.2. The van der Waals surface area contributed by atoms with Gasteiger partial charge in [-0.15, -0.1) is 11.3 Å². The lowest BCUT2D eigenvalue weighted by atomic mass is 10.1. The van der Waals surface area contributed by atoms with Gasteiger partial charge in [0.25, 0.3) is 5.91 Å². The fourth-order valence-corrected chi connectivity index (χ4v) is 3.22. The normalized spacial score (nSPS) is 10.3. The molecule has 0 radical (unpaired) electrons. The molecule has 0 aliphatic carbocycles. The first kappa shape index (κ1) is 19.5. The molecule has 3 aromatic rings. The summed E-state index contributed by atoms with van der Waals surface area (Å²) in [6, 6.07) is 19.2. The minimum atomic E-state index is -0.395. The van der Waals surface area contributed by atoms with Crippen LogP contribution in [0.4, 0.5) is 5.69 Å². The minimum Gasteiger partial charge on any atom is -0.457 e. The molecule has 1 heterocycles. The molecule has 1 aromatic heterocycles. The van der Waals surface area contributed by atoms with Crippen molar-refractivity contribution in [3.63, 3.8) is 0 Å². The standard InChI is InChI=1S/C22H19NO4S/c24-20(15-27-21(25)13-12-19-7-4-14-28-19)16-8-10-18(11-9-16)23-22(26)17-5-2-1-3-6-17/h1-11,14H,12-13,15H2,(H,23,26). The van der Waals surface area contributed by atoms with Crippen LogP contribution < -0.4 is 5.32 Å². The zero-order valence-corrected chi connectivity index (χ0v) is 15.9. The topological polar surface area (TPSA) is 72.5 Å². The molecule has 0 saturated carbocycles. The summed E-state index contributed by atoms with van der Waals surface area (Å²) in [5, 5.41) is 4.72. The first-order valence-corrected chi connectivity index (χ1v) is 9.67. The van der Waals surface area contributed by atoms with Crippen LogP contribution in [0, 0.1) is 0 Å². The molecule has 0 aliphatic rings. The van der Waals surface area contributed by atoms with Crippen LogP contribution in [0.2, 0.25) is 0 Å². The van der Waals surface area contributed by atoms with Crippen molar-refractivity contribution in [2.24, 2.45) is 0 Å². The molecule has 6 heteroatoms. The Balaban J connectivity index is 1.46. The number of aryl methyl sites for hydroxylation is 1. The molecule has 2 aromatic carbocycles. The average Bonchev–Trinajstić information content (AvgIpc) is 3.25. The van der Waals surface area contributed by atoms with Gasteiger partial charge < -0.3 is 10.1 Å². The van der Waals surface area contributed by atoms with E-state index in [9.17, 15) is 14.4 Å². The average molecular weight is 393 g/mol. The molecule has 0 spiro atoms. The number of hydrogen-bond donors (Lipinski definition) is 1. The van der Waals surface area contributed by atoms with Crippen molar-refractivity contribution >= 4 is 34.7 Å². The number of anilines is 1. The lowest BCUT2D eigenvalue weighted by molar-refractivity contribution is -0.142. The molecular formula is C22H19NO4S. The molecule has 0 aliphatic heterocycles. The molecular weight excluding hydrogens is 374 g/mol. The molecule has 3 rings (SSSR count). The lowest BCUT2D eigenvalue weighted by Gasteiger charge is -2.07. The second kappa shape index (κ2) is 9.62. The second-order valence-corrected chi connectivity index (χ2v) is 7.09. The van der Waals surface area contributed by atoms with Gasteiger partial charge in [-0.2, -0.15) is 0 Å². The highest BCUT2D eigenvalue weighted by molar-refractivity contribution is 7.09. The smallest absolute Gasteiger partial charge is 0.306 e. The summed E-state index contributed by atoms with van der Waals surface area (Å²) >= 11 is 1.59. The monoisotopic (exact) mass is 393 g/mol. The maximum absolute atomic E-state index is 12.2. The van der Waals surface area contributed by atoms with Crippen molar-refractivity contribution in [3.8, 4) is 0 Å². The summed E-state index contributed by atoms with van der Waals surface area (Å²) in [7, 11) is 0. The minimum absolute atomic E-state index is 0.223. The van der Waals surface area contributed by atoms with Gasteiger partial charge >= 0.3 is 5.97 Å². The molecule has 5 nitrogen and oxygen atoms in total. The Morgan fingerprint density at radius 3 is 2.29 bits per heavy atom. The Hall–Kier alpha value is -3.25. The van der Waals surface area contributed by atoms with Gasteiger partial charge in [-0.3, -0.25) is 14.4 Å². The molecule has 0 saturated heterocycles. The lowest BCUT2D eigenvalue weighted by Crippen LogP contribution is -2.15. The Morgan fingerprint density at radius 1 is 0.857 bits per heavy atom. The number of rotatable bonds is 8. The number of esters is 1. The molecule has 28 heavy (non-hydrogen) atoms. The third-order valence-corrected chi connectivity index (χ3v) is 4.96. The van der Waals surface area contributed by atoms with Gasteiger partial charge in [-0.25, -0.2) is 0 Å². The highest BCUT2D eigenvalue weighted by Crippen LogP contribution is 2.13. The molecule has 0 bridgehead atoms. The summed E-state index contributed by atoms with van der Waals surface area (Å²) in [5.74, 6) is -0.904. The summed E-state index contributed by atoms with van der Waals surface area (Å²) in [6.07, 6.45) is 0.860. The fourth-order valence-electron chi connectivity index (χ4n) is 2.51. The number of Topliss-reactive ketones (excluding diaryl/α,β-unsaturated/α-hetero) is 1. The largest absolute Gasteiger partial charge is 0.457 e. The van der Waals surface area contributed by atoms with Gasteiger partial charge in [-0.05, 0) is 54.3 Å². The van der Waals surface area contributed by atoms with E-state index in [0.29, 0.717) is 23.2 Å². The first-order valence-electron chi connectivity index (χ1n) is 8.79. The van der Waals surface area contributed by atoms with E-state index in [1.54, 1.807) is 59.9 Å². The quantitative estimate of drug-likeness (QED) is 0.456. The van der Waals surface area contributed by atoms with Crippen molar-refractivity contribution in [1.29, 1.82) is 0 Å². The van der Waals surface area contributed by atoms with Crippen LogP contribution in [-0.4, -0.2) is 24.3 Å². The van der Waals surface area contributed by atoms with Crippen LogP contribution in [0.25, 0.3) is 0 Å². The van der Waals surface area contributed by atoms with Crippen molar-refractivity contribution < 1.29 is 19.1 Å². The molecule has 142 valence electrons. The molecule has 0 fully saturated rings. The number of hydrogen-bond acceptors (Lipinski definition) is 5. The first-order chi connectivity index (χ1) is 13.6. The van der Waals surface area contributed by atoms with E-state index in [-0.39, 0.29) is 24.7 Å². The van der Waals surface area contributed by atoms with Gasteiger partial charge in [0, 0.05) is 21.7 Å². The number of carbonyl (C=O) groups is 3. The number of nitrogens with one attached hydrogen (secondary N) is 1. The van der Waals surface area contributed by atoms with Crippen molar-refractivity contribution in [2.75, 3.05) is 11.9 Å². The van der Waals surface area contributed by atoms with Crippen molar-refractivity contribution in [1.82, 2.24) is 0 Å². The van der Waals surface area contributed by atoms with Gasteiger partial charge in [-0.1, -0.05) is 24.3 Å². The van der Waals surface area contributed by atoms with Gasteiger partial charge in [0.2, 0.25) is 0 Å². The zero-order chi connectivity index (χ0) is 19.8. The Morgan fingerprint density at radius 2 is 1.61 bits per heavy atom. The predicted octanol–water partition coefficient (Wildman–Crippen LogP) is 4.36. The number of thiophene rings is 1. The Bertz CT molecular complexity index is 934. The van der Waals surface area contributed by atoms with E-state index < -0.39 is 5.97 Å². The molecule has 1 N–H and O–H groups in total. The summed E-state index contributed by atoms with van der Waals surface area (Å²) < 4.78 is 5.06. The maximum Gasteiger partial charge on any atom is 0.306 e. The summed E-state index contributed by atoms with van der Waals surface area (Å²) in [5.41, 5.74) is 1.55. The maximum atomic E-state index is 12.2. The highest BCUT2D eigenvalue weighted by Gasteiger charge is 2.11. The van der Waals surface area contributed by atoms with E-state index in [1.807, 2.05) is 23.6 Å². The van der Waals surface area contributed by atoms with Crippen LogP contribution in [0.5, 0.6) is 0 Å². The third kappa shape index (κ3) is 5.62. The van der Waals surface area contributed by atoms with Crippen LogP contribution in [0.15, 0.2) is 72.1 Å². The number of benzene rings is 2. The Labute approximate surface area is 167 Å². The van der Waals surface area contributed by atoms with Gasteiger partial charge in [0.1, 0.15) is 0 Å². The van der Waals surface area contributed by atoms with Crippen LogP contribution in [0.3, 0.4) is 0 Å². The predicted molar refractivity (Wildman–Crippen MR) is 109 cm³/mol. The van der Waals surface area contributed by atoms with Gasteiger partial charge in [0.05, 0.1) is 6.42 Å². The van der Waals surface area contributed by atoms with Crippen LogP contribution in [0.1, 0.15) is 32.0 Å². The number of ether oxygens (including phenoxy) is 1. The number of carbonyl (C=O) groups excluding carboxylic acids is 3. The fraction of sp³-hybridized carbons (Fsp3) is 0.136. The number of ketones is 1. The van der Waals surface area contributed by atoms with E-state index in [2.05, 4.69) is 5.32 Å². The van der Waals surface area contributed by atoms with Crippen LogP contribution >= 0.6 is 11.3 Å². The third-order valence-electron chi connectivity index (χ3n) is 4.02. The van der Waals surface area contributed by atoms with E-state index in [0.717, 1.165) is 4.88 Å². The molecule has 1 amide bonds. The van der Waals surface area contributed by atoms with Crippen molar-refractivity contribution in [3.05, 3.63) is 88.1 Å². The Kier molecular flexibility index (Phi) is 6.70. The van der Waals surface area contributed by atoms with Crippen LogP contribution in [-0.2, 0) is 16.0 Å². The second-order valence-electron chi connectivity index (χ2n) is 6.06. The number of amides is 1. The molecule has 0 unspecified atom stereocenters. The SMILES string of the molecule is O=C(CCc1cccs1)OCC(=O)c1ccc(NC(=O)c2ccccc2)cc1. The van der Waals surface area contributed by atoms with E-state index >= 15 is 0 Å². The molecule has 0 atom stereocenters. The van der Waals surface area contributed by atoms with E-state index in [4.69, 9.17) is 4.74 Å². The zero-order valence-electron chi connectivity index (χ0n) is 15.1. The summed E-state index contributed by atoms with van der Waals surface area (Å²) in [6.45, 7) is -0.293.